The predicted molar refractivity (Wildman–Crippen MR) is 235 cm³/mol. The first-order valence-electron chi connectivity index (χ1n) is 20.9. The number of nitrogens with one attached hydrogen (secondary N) is 2. The van der Waals surface area contributed by atoms with E-state index >= 15 is 0 Å². The molecule has 0 atom stereocenters. The average Bonchev–Trinajstić information content (AvgIpc) is 3.59. The fraction of sp³-hybridized carbons (Fsp3) is 0.511. The lowest BCUT2D eigenvalue weighted by Crippen LogP contribution is -2.57. The molecule has 4 rings (SSSR count). The van der Waals surface area contributed by atoms with Crippen LogP contribution >= 0.6 is 0 Å². The molecule has 0 unspecified atom stereocenters. The van der Waals surface area contributed by atoms with Crippen LogP contribution in [-0.2, 0) is 25.7 Å². The first-order valence-corrected chi connectivity index (χ1v) is 22.5. The van der Waals surface area contributed by atoms with E-state index in [0.717, 1.165) is 33.9 Å². The quantitative estimate of drug-likeness (QED) is 0.0314. The zero-order valence-electron chi connectivity index (χ0n) is 36.3. The van der Waals surface area contributed by atoms with Gasteiger partial charge in [0, 0.05) is 70.8 Å². The molecule has 0 aliphatic carbocycles. The minimum atomic E-state index is -4.41. The van der Waals surface area contributed by atoms with E-state index in [2.05, 4.69) is 15.2 Å². The summed E-state index contributed by atoms with van der Waals surface area (Å²) in [5.41, 5.74) is 0.874. The molecule has 2 aliphatic rings. The van der Waals surface area contributed by atoms with Crippen LogP contribution in [0.2, 0.25) is 0 Å². The maximum Gasteiger partial charge on any atom is 0.303 e. The summed E-state index contributed by atoms with van der Waals surface area (Å²) < 4.78 is 36.2. The Morgan fingerprint density at radius 2 is 1.29 bits per heavy atom. The summed E-state index contributed by atoms with van der Waals surface area (Å²) in [6.45, 7) is 4.81. The Kier molecular flexibility index (Phi) is 17.2. The van der Waals surface area contributed by atoms with E-state index < -0.39 is 95.2 Å². The van der Waals surface area contributed by atoms with Crippen molar-refractivity contribution in [3.8, 4) is 0 Å². The molecule has 63 heavy (non-hydrogen) atoms. The van der Waals surface area contributed by atoms with Gasteiger partial charge in [0.25, 0.3) is 11.8 Å². The number of amides is 2. The maximum absolute atomic E-state index is 13.3. The van der Waals surface area contributed by atoms with Crippen LogP contribution in [0, 0.1) is 0 Å². The molecule has 9 N–H and O–H groups in total. The summed E-state index contributed by atoms with van der Waals surface area (Å²) in [6, 6.07) is 10.2. The van der Waals surface area contributed by atoms with Crippen molar-refractivity contribution in [2.45, 2.75) is 88.1 Å². The molecule has 0 saturated heterocycles. The molecule has 2 amide bonds. The van der Waals surface area contributed by atoms with Crippen molar-refractivity contribution in [3.05, 3.63) is 94.7 Å². The smallest absolute Gasteiger partial charge is 0.303 e. The van der Waals surface area contributed by atoms with Crippen molar-refractivity contribution in [2.75, 3.05) is 63.4 Å². The van der Waals surface area contributed by atoms with E-state index in [1.807, 2.05) is 69.0 Å². The fourth-order valence-corrected chi connectivity index (χ4v) is 8.47. The molecular formula is C45H62N4O13S. The van der Waals surface area contributed by atoms with E-state index in [1.165, 1.54) is 0 Å². The zero-order valence-corrected chi connectivity index (χ0v) is 37.2. The van der Waals surface area contributed by atoms with Crippen molar-refractivity contribution in [1.29, 1.82) is 0 Å². The first kappa shape index (κ1) is 50.9. The van der Waals surface area contributed by atoms with Gasteiger partial charge in [-0.05, 0) is 81.5 Å². The lowest BCUT2D eigenvalue weighted by Gasteiger charge is -2.29. The molecule has 2 aliphatic heterocycles. The van der Waals surface area contributed by atoms with Crippen molar-refractivity contribution >= 4 is 45.0 Å². The normalized spacial score (nSPS) is 16.6. The van der Waals surface area contributed by atoms with E-state index in [4.69, 9.17) is 5.11 Å². The van der Waals surface area contributed by atoms with Crippen molar-refractivity contribution in [1.82, 2.24) is 10.6 Å². The maximum atomic E-state index is 13.3. The number of allylic oxidation sites excluding steroid dienone is 6. The van der Waals surface area contributed by atoms with Gasteiger partial charge < -0.3 is 55.8 Å². The molecule has 0 bridgehead atoms. The molecular weight excluding hydrogens is 837 g/mol. The van der Waals surface area contributed by atoms with Gasteiger partial charge in [-0.3, -0.25) is 14.4 Å². The van der Waals surface area contributed by atoms with E-state index in [9.17, 15) is 58.0 Å². The predicted octanol–water partition coefficient (Wildman–Crippen LogP) is 1.72. The molecule has 2 heterocycles. The average molecular weight is 899 g/mol. The van der Waals surface area contributed by atoms with Gasteiger partial charge in [-0.15, -0.1) is 0 Å². The number of aliphatic hydroxyl groups excluding tert-OH is 6. The Morgan fingerprint density at radius 3 is 1.83 bits per heavy atom. The number of aliphatic carboxylic acids is 1. The molecule has 0 aromatic heterocycles. The van der Waals surface area contributed by atoms with Crippen molar-refractivity contribution in [2.24, 2.45) is 0 Å². The van der Waals surface area contributed by atoms with Gasteiger partial charge in [0.2, 0.25) is 5.69 Å². The highest BCUT2D eigenvalue weighted by Gasteiger charge is 2.45. The molecule has 17 nitrogen and oxygen atoms in total. The largest absolute Gasteiger partial charge is 0.748 e. The third-order valence-electron chi connectivity index (χ3n) is 11.9. The topological polar surface area (TPSA) is 280 Å². The lowest BCUT2D eigenvalue weighted by molar-refractivity contribution is -0.438. The standard InChI is InChI=1S/C45H62N4O13S/c1-42(2)33-23-31(40(58)46-44(25-50,26-51)27-52)16-18-35(33)48(20-10-6-9-15-39(56)57)37(42)13-7-5-8-14-38-43(3,4)34-24-32(41(59)47-45(28-53,29-54)30-55)17-19-36(34)49(38)21-11-12-22-63(60,61)62/h5,7-8,13-14,16-19,23-24,50-55H,6,9-12,15,20-22,25-30H2,1-4H3,(H3-,46,47,56,57,58,59,60,61,62). The zero-order chi connectivity index (χ0) is 46.8. The van der Waals surface area contributed by atoms with Crippen LogP contribution in [0.5, 0.6) is 0 Å². The van der Waals surface area contributed by atoms with Gasteiger partial charge in [-0.2, -0.15) is 4.58 Å². The second kappa shape index (κ2) is 21.3. The Balaban J connectivity index is 1.69. The summed E-state index contributed by atoms with van der Waals surface area (Å²) in [6.07, 6.45) is 11.9. The minimum absolute atomic E-state index is 0.0622. The summed E-state index contributed by atoms with van der Waals surface area (Å²) in [4.78, 5) is 39.8. The van der Waals surface area contributed by atoms with Gasteiger partial charge in [-0.1, -0.05) is 32.1 Å². The van der Waals surface area contributed by atoms with Crippen LogP contribution in [0.1, 0.15) is 98.1 Å². The number of rotatable bonds is 24. The number of fused-ring (bicyclic) bond motifs is 2. The second-order valence-electron chi connectivity index (χ2n) is 17.3. The number of carbonyl (C=O) groups excluding carboxylic acids is 2. The van der Waals surface area contributed by atoms with Gasteiger partial charge in [0.05, 0.1) is 55.2 Å². The molecule has 0 radical (unpaired) electrons. The minimum Gasteiger partial charge on any atom is -0.748 e. The third kappa shape index (κ3) is 11.9. The van der Waals surface area contributed by atoms with E-state index in [0.29, 0.717) is 38.8 Å². The van der Waals surface area contributed by atoms with Gasteiger partial charge >= 0.3 is 5.97 Å². The first-order chi connectivity index (χ1) is 29.7. The van der Waals surface area contributed by atoms with Gasteiger partial charge in [-0.25, -0.2) is 8.42 Å². The number of benzene rings is 2. The molecule has 2 aromatic carbocycles. The molecule has 0 spiro atoms. The van der Waals surface area contributed by atoms with Crippen LogP contribution in [0.3, 0.4) is 0 Å². The molecule has 18 heteroatoms. The Bertz CT molecular complexity index is 2210. The number of anilines is 1. The van der Waals surface area contributed by atoms with Gasteiger partial charge in [0.15, 0.2) is 5.71 Å². The summed E-state index contributed by atoms with van der Waals surface area (Å²) in [7, 11) is -4.41. The van der Waals surface area contributed by atoms with Crippen LogP contribution < -0.4 is 15.5 Å². The third-order valence-corrected chi connectivity index (χ3v) is 12.7. The van der Waals surface area contributed by atoms with Crippen LogP contribution in [0.15, 0.2) is 72.5 Å². The summed E-state index contributed by atoms with van der Waals surface area (Å²) >= 11 is 0. The van der Waals surface area contributed by atoms with Crippen molar-refractivity contribution < 1.29 is 67.7 Å². The number of carboxylic acids is 1. The fourth-order valence-electron chi connectivity index (χ4n) is 7.91. The second-order valence-corrected chi connectivity index (χ2v) is 18.8. The SMILES string of the molecule is CC1(C)C(/C=C/C=C/C=C2/N(CCCCS(=O)(=O)[O-])c3ccc(C(=O)NC(CO)(CO)CO)cc3C2(C)C)=[N+](CCCCCC(=O)O)c2ccc(C(=O)NC(CO)(CO)CO)cc21. The number of aliphatic hydroxyl groups is 6. The highest BCUT2D eigenvalue weighted by molar-refractivity contribution is 7.85. The summed E-state index contributed by atoms with van der Waals surface area (Å²) in [5, 5.41) is 72.9. The van der Waals surface area contributed by atoms with E-state index in [-0.39, 0.29) is 24.0 Å². The Morgan fingerprint density at radius 1 is 0.730 bits per heavy atom. The number of carboxylic acid groups (broad SMARTS) is 1. The highest BCUT2D eigenvalue weighted by Crippen LogP contribution is 2.48. The van der Waals surface area contributed by atoms with Gasteiger partial charge in [0.1, 0.15) is 17.6 Å². The molecule has 0 saturated carbocycles. The summed E-state index contributed by atoms with van der Waals surface area (Å²) in [5.74, 6) is -2.57. The number of hydrogen-bond acceptors (Lipinski definition) is 13. The highest BCUT2D eigenvalue weighted by atomic mass is 32.2. The molecule has 346 valence electrons. The van der Waals surface area contributed by atoms with E-state index in [1.54, 1.807) is 30.3 Å². The van der Waals surface area contributed by atoms with Crippen molar-refractivity contribution in [3.63, 3.8) is 0 Å². The van der Waals surface area contributed by atoms with Crippen LogP contribution in [0.25, 0.3) is 0 Å². The number of unbranched alkanes of at least 4 members (excludes halogenated alkanes) is 3. The monoisotopic (exact) mass is 898 g/mol. The number of hydrogen-bond donors (Lipinski definition) is 9. The molecule has 2 aromatic rings. The Labute approximate surface area is 368 Å². The molecule has 0 fully saturated rings. The van der Waals surface area contributed by atoms with Crippen LogP contribution in [-0.4, -0.2) is 146 Å². The Hall–Kier alpha value is -4.79. The number of nitrogens with zero attached hydrogens (tertiary/aromatic N) is 2. The lowest BCUT2D eigenvalue weighted by atomic mass is 9.80. The van der Waals surface area contributed by atoms with Crippen LogP contribution in [0.4, 0.5) is 11.4 Å². The number of carbonyl (C=O) groups is 3.